The molecule has 0 N–H and O–H groups in total. The number of hydrogen-bond donors (Lipinski definition) is 1. The third kappa shape index (κ3) is 4.56. The van der Waals surface area contributed by atoms with Crippen LogP contribution in [0.1, 0.15) is 50.7 Å². The lowest BCUT2D eigenvalue weighted by Crippen LogP contribution is -2.13. The SMILES string of the molecule is CCCC(CS)COc1ccc(C(C)C)c(C)c1. The van der Waals surface area contributed by atoms with E-state index >= 15 is 0 Å². The monoisotopic (exact) mass is 266 g/mol. The van der Waals surface area contributed by atoms with Gasteiger partial charge >= 0.3 is 0 Å². The normalized spacial score (nSPS) is 12.8. The number of benzene rings is 1. The molecule has 0 aliphatic heterocycles. The third-order valence-electron chi connectivity index (χ3n) is 3.30. The molecule has 0 saturated carbocycles. The van der Waals surface area contributed by atoms with E-state index in [9.17, 15) is 0 Å². The summed E-state index contributed by atoms with van der Waals surface area (Å²) in [6.45, 7) is 9.59. The average molecular weight is 266 g/mol. The quantitative estimate of drug-likeness (QED) is 0.695. The van der Waals surface area contributed by atoms with Crippen molar-refractivity contribution in [2.75, 3.05) is 12.4 Å². The van der Waals surface area contributed by atoms with Gasteiger partial charge in [0.1, 0.15) is 5.75 Å². The number of aryl methyl sites for hydroxylation is 1. The van der Waals surface area contributed by atoms with E-state index in [4.69, 9.17) is 4.74 Å². The molecule has 18 heavy (non-hydrogen) atoms. The highest BCUT2D eigenvalue weighted by molar-refractivity contribution is 7.80. The maximum Gasteiger partial charge on any atom is 0.119 e. The van der Waals surface area contributed by atoms with Crippen molar-refractivity contribution in [3.8, 4) is 5.75 Å². The van der Waals surface area contributed by atoms with E-state index in [1.807, 2.05) is 0 Å². The summed E-state index contributed by atoms with van der Waals surface area (Å²) in [6, 6.07) is 6.42. The average Bonchev–Trinajstić information content (AvgIpc) is 2.34. The predicted octanol–water partition coefficient (Wildman–Crippen LogP) is 4.84. The first-order valence-corrected chi connectivity index (χ1v) is 7.55. The molecule has 0 aliphatic rings. The van der Waals surface area contributed by atoms with Crippen LogP contribution >= 0.6 is 12.6 Å². The number of ether oxygens (including phenoxy) is 1. The van der Waals surface area contributed by atoms with Crippen LogP contribution in [0.2, 0.25) is 0 Å². The van der Waals surface area contributed by atoms with Crippen LogP contribution < -0.4 is 4.74 Å². The molecule has 0 aliphatic carbocycles. The minimum Gasteiger partial charge on any atom is -0.493 e. The second-order valence-electron chi connectivity index (χ2n) is 5.32. The lowest BCUT2D eigenvalue weighted by atomic mass is 9.98. The Morgan fingerprint density at radius 3 is 2.50 bits per heavy atom. The summed E-state index contributed by atoms with van der Waals surface area (Å²) in [7, 11) is 0. The van der Waals surface area contributed by atoms with Gasteiger partial charge in [-0.15, -0.1) is 0 Å². The molecule has 2 heteroatoms. The molecule has 1 rings (SSSR count). The fourth-order valence-electron chi connectivity index (χ4n) is 2.24. The van der Waals surface area contributed by atoms with Crippen molar-refractivity contribution in [3.05, 3.63) is 29.3 Å². The minimum absolute atomic E-state index is 0.559. The zero-order valence-corrected chi connectivity index (χ0v) is 13.0. The van der Waals surface area contributed by atoms with Crippen molar-refractivity contribution in [1.82, 2.24) is 0 Å². The van der Waals surface area contributed by atoms with Crippen molar-refractivity contribution in [2.24, 2.45) is 5.92 Å². The van der Waals surface area contributed by atoms with Gasteiger partial charge in [-0.2, -0.15) is 12.6 Å². The Kier molecular flexibility index (Phi) is 6.62. The largest absolute Gasteiger partial charge is 0.493 e. The van der Waals surface area contributed by atoms with Crippen molar-refractivity contribution in [3.63, 3.8) is 0 Å². The summed E-state index contributed by atoms with van der Waals surface area (Å²) in [6.07, 6.45) is 2.38. The van der Waals surface area contributed by atoms with Gasteiger partial charge in [0, 0.05) is 5.92 Å². The summed E-state index contributed by atoms with van der Waals surface area (Å²) in [5.41, 5.74) is 2.72. The molecule has 1 atom stereocenters. The lowest BCUT2D eigenvalue weighted by Gasteiger charge is -2.16. The van der Waals surface area contributed by atoms with Gasteiger partial charge < -0.3 is 4.74 Å². The molecule has 0 saturated heterocycles. The molecule has 0 amide bonds. The highest BCUT2D eigenvalue weighted by Crippen LogP contribution is 2.24. The van der Waals surface area contributed by atoms with Gasteiger partial charge in [-0.3, -0.25) is 0 Å². The summed E-state index contributed by atoms with van der Waals surface area (Å²) < 4.78 is 5.88. The maximum absolute atomic E-state index is 5.88. The van der Waals surface area contributed by atoms with Crippen LogP contribution in [-0.4, -0.2) is 12.4 Å². The summed E-state index contributed by atoms with van der Waals surface area (Å²) in [5.74, 6) is 3.02. The number of thiol groups is 1. The Balaban J connectivity index is 2.60. The van der Waals surface area contributed by atoms with E-state index in [2.05, 4.69) is 58.5 Å². The predicted molar refractivity (Wildman–Crippen MR) is 83.0 cm³/mol. The zero-order valence-electron chi connectivity index (χ0n) is 12.1. The van der Waals surface area contributed by atoms with Crippen LogP contribution in [-0.2, 0) is 0 Å². The molecule has 102 valence electrons. The minimum atomic E-state index is 0.559. The van der Waals surface area contributed by atoms with Crippen molar-refractivity contribution in [2.45, 2.75) is 46.5 Å². The Hall–Kier alpha value is -0.630. The van der Waals surface area contributed by atoms with E-state index in [1.54, 1.807) is 0 Å². The van der Waals surface area contributed by atoms with Gasteiger partial charge in [-0.1, -0.05) is 33.3 Å². The summed E-state index contributed by atoms with van der Waals surface area (Å²) >= 11 is 4.38. The van der Waals surface area contributed by atoms with Gasteiger partial charge in [0.2, 0.25) is 0 Å². The van der Waals surface area contributed by atoms with Crippen molar-refractivity contribution in [1.29, 1.82) is 0 Å². The molecule has 1 nitrogen and oxygen atoms in total. The molecule has 1 unspecified atom stereocenters. The van der Waals surface area contributed by atoms with Crippen LogP contribution in [0.15, 0.2) is 18.2 Å². The first kappa shape index (κ1) is 15.4. The lowest BCUT2D eigenvalue weighted by molar-refractivity contribution is 0.254. The molecular weight excluding hydrogens is 240 g/mol. The second kappa shape index (κ2) is 7.73. The fourth-order valence-corrected chi connectivity index (χ4v) is 2.52. The highest BCUT2D eigenvalue weighted by Gasteiger charge is 2.08. The fraction of sp³-hybridized carbons (Fsp3) is 0.625. The van der Waals surface area contributed by atoms with Gasteiger partial charge in [0.15, 0.2) is 0 Å². The van der Waals surface area contributed by atoms with E-state index in [0.29, 0.717) is 11.8 Å². The first-order valence-electron chi connectivity index (χ1n) is 6.92. The second-order valence-corrected chi connectivity index (χ2v) is 5.69. The Morgan fingerprint density at radius 1 is 1.28 bits per heavy atom. The molecule has 0 fully saturated rings. The molecule has 0 heterocycles. The van der Waals surface area contributed by atoms with Crippen LogP contribution in [0.25, 0.3) is 0 Å². The maximum atomic E-state index is 5.88. The van der Waals surface area contributed by atoms with Gasteiger partial charge in [-0.25, -0.2) is 0 Å². The zero-order chi connectivity index (χ0) is 13.5. The number of rotatable bonds is 7. The van der Waals surface area contributed by atoms with Crippen molar-refractivity contribution >= 4 is 12.6 Å². The molecular formula is C16H26OS. The summed E-state index contributed by atoms with van der Waals surface area (Å²) in [4.78, 5) is 0. The Labute approximate surface area is 117 Å². The first-order chi connectivity index (χ1) is 8.58. The van der Waals surface area contributed by atoms with E-state index < -0.39 is 0 Å². The van der Waals surface area contributed by atoms with Crippen LogP contribution in [0, 0.1) is 12.8 Å². The van der Waals surface area contributed by atoms with E-state index in [0.717, 1.165) is 18.1 Å². The third-order valence-corrected chi connectivity index (χ3v) is 3.82. The van der Waals surface area contributed by atoms with E-state index in [1.165, 1.54) is 24.0 Å². The standard InChI is InChI=1S/C16H26OS/c1-5-6-14(11-18)10-17-15-7-8-16(12(2)3)13(4)9-15/h7-9,12,14,18H,5-6,10-11H2,1-4H3. The number of hydrogen-bond acceptors (Lipinski definition) is 2. The highest BCUT2D eigenvalue weighted by atomic mass is 32.1. The Bertz CT molecular complexity index is 360. The van der Waals surface area contributed by atoms with Crippen molar-refractivity contribution < 1.29 is 4.74 Å². The van der Waals surface area contributed by atoms with Gasteiger partial charge in [0.05, 0.1) is 6.61 Å². The van der Waals surface area contributed by atoms with Gasteiger partial charge in [-0.05, 0) is 48.3 Å². The Morgan fingerprint density at radius 2 is 2.00 bits per heavy atom. The molecule has 1 aromatic rings. The molecule has 0 spiro atoms. The van der Waals surface area contributed by atoms with Crippen LogP contribution in [0.5, 0.6) is 5.75 Å². The van der Waals surface area contributed by atoms with Crippen LogP contribution in [0.3, 0.4) is 0 Å². The molecule has 0 radical (unpaired) electrons. The molecule has 0 aromatic heterocycles. The van der Waals surface area contributed by atoms with Gasteiger partial charge in [0.25, 0.3) is 0 Å². The summed E-state index contributed by atoms with van der Waals surface area (Å²) in [5, 5.41) is 0. The topological polar surface area (TPSA) is 9.23 Å². The molecule has 1 aromatic carbocycles. The smallest absolute Gasteiger partial charge is 0.119 e. The molecule has 0 bridgehead atoms. The van der Waals surface area contributed by atoms with Crippen LogP contribution in [0.4, 0.5) is 0 Å². The van der Waals surface area contributed by atoms with E-state index in [-0.39, 0.29) is 0 Å².